The predicted octanol–water partition coefficient (Wildman–Crippen LogP) is 1.95. The Kier molecular flexibility index (Phi) is 7.28. The summed E-state index contributed by atoms with van der Waals surface area (Å²) >= 11 is 0. The summed E-state index contributed by atoms with van der Waals surface area (Å²) in [6.07, 6.45) is 1.63. The lowest BCUT2D eigenvalue weighted by Crippen LogP contribution is -2.28. The van der Waals surface area contributed by atoms with Crippen molar-refractivity contribution in [1.29, 1.82) is 0 Å². The molecule has 0 saturated carbocycles. The third-order valence-electron chi connectivity index (χ3n) is 3.60. The largest absolute Gasteiger partial charge is 0.368 e. The number of benzene rings is 1. The lowest BCUT2D eigenvalue weighted by atomic mass is 10.1. The van der Waals surface area contributed by atoms with Crippen molar-refractivity contribution < 1.29 is 9.18 Å². The lowest BCUT2D eigenvalue weighted by Gasteiger charge is -2.09. The topological polar surface area (TPSA) is 70.2 Å². The minimum atomic E-state index is -0.238. The van der Waals surface area contributed by atoms with Crippen molar-refractivity contribution in [2.45, 2.75) is 12.8 Å². The highest BCUT2D eigenvalue weighted by atomic mass is 19.1. The highest BCUT2D eigenvalue weighted by Crippen LogP contribution is 2.06. The fourth-order valence-electron chi connectivity index (χ4n) is 2.22. The summed E-state index contributed by atoms with van der Waals surface area (Å²) in [5.41, 5.74) is 1.34. The number of anilines is 1. The molecule has 0 atom stereocenters. The molecule has 25 heavy (non-hydrogen) atoms. The van der Waals surface area contributed by atoms with Gasteiger partial charge in [-0.3, -0.25) is 4.79 Å². The second-order valence-corrected chi connectivity index (χ2v) is 6.02. The molecule has 0 aliphatic heterocycles. The van der Waals surface area contributed by atoms with E-state index in [1.165, 1.54) is 12.1 Å². The zero-order valence-electron chi connectivity index (χ0n) is 14.6. The monoisotopic (exact) mass is 345 g/mol. The number of aromatic nitrogens is 2. The minimum Gasteiger partial charge on any atom is -0.368 e. The van der Waals surface area contributed by atoms with Gasteiger partial charge in [-0.1, -0.05) is 12.1 Å². The van der Waals surface area contributed by atoms with Crippen molar-refractivity contribution in [3.63, 3.8) is 0 Å². The van der Waals surface area contributed by atoms with Crippen molar-refractivity contribution in [2.24, 2.45) is 0 Å². The van der Waals surface area contributed by atoms with Crippen LogP contribution in [-0.4, -0.2) is 54.7 Å². The first kappa shape index (κ1) is 18.8. The first-order valence-corrected chi connectivity index (χ1v) is 8.29. The fourth-order valence-corrected chi connectivity index (χ4v) is 2.22. The number of carbonyl (C=O) groups excluding carboxylic acids is 1. The number of amides is 1. The fraction of sp³-hybridized carbons (Fsp3) is 0.389. The van der Waals surface area contributed by atoms with E-state index in [4.69, 9.17) is 0 Å². The van der Waals surface area contributed by atoms with Gasteiger partial charge >= 0.3 is 0 Å². The highest BCUT2D eigenvalue weighted by Gasteiger charge is 2.07. The van der Waals surface area contributed by atoms with Crippen LogP contribution in [-0.2, 0) is 6.42 Å². The molecule has 7 heteroatoms. The summed E-state index contributed by atoms with van der Waals surface area (Å²) in [7, 11) is 3.99. The lowest BCUT2D eigenvalue weighted by molar-refractivity contribution is 0.0946. The Labute approximate surface area is 147 Å². The van der Waals surface area contributed by atoms with Crippen LogP contribution in [0.2, 0.25) is 0 Å². The molecule has 0 aliphatic rings. The van der Waals surface area contributed by atoms with Gasteiger partial charge in [-0.05, 0) is 63.3 Å². The Bertz CT molecular complexity index is 658. The summed E-state index contributed by atoms with van der Waals surface area (Å²) in [6.45, 7) is 2.18. The Morgan fingerprint density at radius 1 is 1.08 bits per heavy atom. The molecule has 2 N–H and O–H groups in total. The molecule has 1 aromatic carbocycles. The molecule has 0 aliphatic carbocycles. The van der Waals surface area contributed by atoms with Crippen LogP contribution in [0.25, 0.3) is 0 Å². The van der Waals surface area contributed by atoms with E-state index in [0.717, 1.165) is 24.9 Å². The molecule has 1 amide bonds. The molecule has 0 saturated heterocycles. The predicted molar refractivity (Wildman–Crippen MR) is 96.1 cm³/mol. The third-order valence-corrected chi connectivity index (χ3v) is 3.60. The van der Waals surface area contributed by atoms with E-state index < -0.39 is 0 Å². The average molecular weight is 345 g/mol. The van der Waals surface area contributed by atoms with Crippen molar-refractivity contribution in [3.8, 4) is 0 Å². The Morgan fingerprint density at radius 3 is 2.48 bits per heavy atom. The van der Waals surface area contributed by atoms with Crippen LogP contribution >= 0.6 is 0 Å². The molecule has 0 fully saturated rings. The molecular weight excluding hydrogens is 321 g/mol. The van der Waals surface area contributed by atoms with Gasteiger partial charge in [0.2, 0.25) is 0 Å². The van der Waals surface area contributed by atoms with Gasteiger partial charge in [-0.15, -0.1) is 10.2 Å². The molecule has 2 aromatic rings. The van der Waals surface area contributed by atoms with Crippen LogP contribution in [0.5, 0.6) is 0 Å². The van der Waals surface area contributed by atoms with Gasteiger partial charge in [-0.25, -0.2) is 4.39 Å². The van der Waals surface area contributed by atoms with Gasteiger partial charge in [0.25, 0.3) is 5.91 Å². The van der Waals surface area contributed by atoms with Crippen LogP contribution in [0.3, 0.4) is 0 Å². The Balaban J connectivity index is 1.73. The molecule has 2 rings (SSSR count). The van der Waals surface area contributed by atoms with Crippen LogP contribution in [0.15, 0.2) is 36.4 Å². The molecule has 1 heterocycles. The van der Waals surface area contributed by atoms with Gasteiger partial charge in [0.1, 0.15) is 11.6 Å². The summed E-state index contributed by atoms with van der Waals surface area (Å²) in [4.78, 5) is 14.0. The van der Waals surface area contributed by atoms with Crippen molar-refractivity contribution in [2.75, 3.05) is 39.0 Å². The van der Waals surface area contributed by atoms with Gasteiger partial charge in [0, 0.05) is 13.1 Å². The average Bonchev–Trinajstić information content (AvgIpc) is 2.61. The third kappa shape index (κ3) is 6.84. The first-order valence-electron chi connectivity index (χ1n) is 8.29. The second-order valence-electron chi connectivity index (χ2n) is 6.02. The number of hydrogen-bond donors (Lipinski definition) is 2. The molecular formula is C18H24FN5O. The van der Waals surface area contributed by atoms with Crippen molar-refractivity contribution in [1.82, 2.24) is 20.4 Å². The number of halogens is 1. The Morgan fingerprint density at radius 2 is 1.84 bits per heavy atom. The van der Waals surface area contributed by atoms with E-state index in [1.54, 1.807) is 24.3 Å². The number of hydrogen-bond acceptors (Lipinski definition) is 5. The van der Waals surface area contributed by atoms with Gasteiger partial charge in [-0.2, -0.15) is 0 Å². The molecule has 134 valence electrons. The quantitative estimate of drug-likeness (QED) is 0.680. The normalized spacial score (nSPS) is 10.7. The maximum atomic E-state index is 12.8. The van der Waals surface area contributed by atoms with Gasteiger partial charge in [0.05, 0.1) is 0 Å². The van der Waals surface area contributed by atoms with Crippen LogP contribution in [0.1, 0.15) is 22.5 Å². The molecule has 6 nitrogen and oxygen atoms in total. The minimum absolute atomic E-state index is 0.218. The maximum absolute atomic E-state index is 12.8. The second kappa shape index (κ2) is 9.68. The number of rotatable bonds is 9. The molecule has 0 radical (unpaired) electrons. The zero-order valence-corrected chi connectivity index (χ0v) is 14.6. The SMILES string of the molecule is CN(C)CCCNC(=O)c1ccc(NCCc2ccc(F)cc2)nn1. The number of nitrogens with one attached hydrogen (secondary N) is 2. The van der Waals surface area contributed by atoms with Gasteiger partial charge < -0.3 is 15.5 Å². The van der Waals surface area contributed by atoms with Gasteiger partial charge in [0.15, 0.2) is 5.69 Å². The zero-order chi connectivity index (χ0) is 18.1. The molecule has 0 bridgehead atoms. The highest BCUT2D eigenvalue weighted by molar-refractivity contribution is 5.92. The number of carbonyl (C=O) groups is 1. The van der Waals surface area contributed by atoms with E-state index in [2.05, 4.69) is 25.7 Å². The van der Waals surface area contributed by atoms with Crippen LogP contribution in [0.4, 0.5) is 10.2 Å². The smallest absolute Gasteiger partial charge is 0.271 e. The number of nitrogens with zero attached hydrogens (tertiary/aromatic N) is 3. The van der Waals surface area contributed by atoms with E-state index in [9.17, 15) is 9.18 Å². The van der Waals surface area contributed by atoms with E-state index in [0.29, 0.717) is 24.6 Å². The standard InChI is InChI=1S/C18H24FN5O/c1-24(2)13-3-11-21-18(25)16-8-9-17(23-22-16)20-12-10-14-4-6-15(19)7-5-14/h4-9H,3,10-13H2,1-2H3,(H,20,23)(H,21,25). The van der Waals surface area contributed by atoms with E-state index >= 15 is 0 Å². The Hall–Kier alpha value is -2.54. The van der Waals surface area contributed by atoms with Crippen LogP contribution < -0.4 is 10.6 Å². The van der Waals surface area contributed by atoms with E-state index in [1.807, 2.05) is 14.1 Å². The summed E-state index contributed by atoms with van der Waals surface area (Å²) in [6, 6.07) is 9.78. The first-order chi connectivity index (χ1) is 12.0. The molecule has 0 unspecified atom stereocenters. The summed E-state index contributed by atoms with van der Waals surface area (Å²) in [5.74, 6) is 0.147. The van der Waals surface area contributed by atoms with Crippen molar-refractivity contribution in [3.05, 3.63) is 53.5 Å². The summed E-state index contributed by atoms with van der Waals surface area (Å²) < 4.78 is 12.8. The maximum Gasteiger partial charge on any atom is 0.271 e. The van der Waals surface area contributed by atoms with E-state index in [-0.39, 0.29) is 11.7 Å². The summed E-state index contributed by atoms with van der Waals surface area (Å²) in [5, 5.41) is 13.9. The molecule has 1 aromatic heterocycles. The van der Waals surface area contributed by atoms with Crippen LogP contribution in [0, 0.1) is 5.82 Å². The van der Waals surface area contributed by atoms with Crippen molar-refractivity contribution >= 4 is 11.7 Å². The molecule has 0 spiro atoms.